The minimum absolute atomic E-state index is 0.0797. The number of fused-ring (bicyclic) bond motifs is 1. The normalized spacial score (nSPS) is 26.2. The fourth-order valence-corrected chi connectivity index (χ4v) is 5.25. The highest BCUT2D eigenvalue weighted by Crippen LogP contribution is 2.67. The van der Waals surface area contributed by atoms with Gasteiger partial charge in [0.2, 0.25) is 11.8 Å². The van der Waals surface area contributed by atoms with Gasteiger partial charge in [-0.25, -0.2) is 13.8 Å². The average molecular weight is 462 g/mol. The summed E-state index contributed by atoms with van der Waals surface area (Å²) < 4.78 is 33.6. The van der Waals surface area contributed by atoms with Gasteiger partial charge in [-0.05, 0) is 68.0 Å². The molecule has 172 valence electrons. The van der Waals surface area contributed by atoms with Gasteiger partial charge < -0.3 is 15.4 Å². The molecular formula is C24H20F2N6O2. The molecule has 2 heterocycles. The Bertz CT molecular complexity index is 1300. The topological polar surface area (TPSA) is 124 Å². The third kappa shape index (κ3) is 3.34. The fourth-order valence-electron chi connectivity index (χ4n) is 5.25. The third-order valence-corrected chi connectivity index (χ3v) is 6.65. The predicted octanol–water partition coefficient (Wildman–Crippen LogP) is 4.33. The number of nitriles is 2. The Morgan fingerprint density at radius 2 is 1.91 bits per heavy atom. The maximum absolute atomic E-state index is 13.8. The molecule has 3 aliphatic carbocycles. The molecule has 0 unspecified atom stereocenters. The van der Waals surface area contributed by atoms with Crippen LogP contribution in [0.15, 0.2) is 18.2 Å². The van der Waals surface area contributed by atoms with Crippen LogP contribution in [0.4, 0.5) is 14.7 Å². The number of nitrogens with zero attached hydrogens (tertiary/aromatic N) is 4. The number of aromatic nitrogens is 2. The molecule has 34 heavy (non-hydrogen) atoms. The van der Waals surface area contributed by atoms with Crippen LogP contribution in [0.25, 0.3) is 6.08 Å². The summed E-state index contributed by atoms with van der Waals surface area (Å²) in [7, 11) is 0. The lowest BCUT2D eigenvalue weighted by molar-refractivity contribution is -0.0665. The van der Waals surface area contributed by atoms with E-state index in [4.69, 9.17) is 10.00 Å². The minimum Gasteiger partial charge on any atom is -0.438 e. The standard InChI is InChI=1S/C24H20F2N6O2/c1-12-6-14(4-3-5-27)7-13(2)18(12)34-21-15-16(19(25)26)29-20(33)17(15)30-22(31-21)32-24-8-23(9-24,10-24)11-28/h3-4,6-7,16,19H,8-10H2,1-2H3,(H,29,33)(H,30,31,32)/b4-3+/t16-,23?,24?/m0/s1. The van der Waals surface area contributed by atoms with E-state index in [0.717, 1.165) is 5.56 Å². The molecule has 6 rings (SSSR count). The largest absolute Gasteiger partial charge is 0.438 e. The number of alkyl halides is 2. The molecule has 2 aromatic rings. The van der Waals surface area contributed by atoms with E-state index in [-0.39, 0.29) is 34.0 Å². The first-order valence-corrected chi connectivity index (χ1v) is 10.7. The Morgan fingerprint density at radius 1 is 1.24 bits per heavy atom. The van der Waals surface area contributed by atoms with Crippen molar-refractivity contribution in [1.29, 1.82) is 10.5 Å². The van der Waals surface area contributed by atoms with Gasteiger partial charge in [-0.15, -0.1) is 0 Å². The second-order valence-electron chi connectivity index (χ2n) is 9.28. The van der Waals surface area contributed by atoms with Crippen molar-refractivity contribution in [3.05, 3.63) is 46.2 Å². The molecule has 8 nitrogen and oxygen atoms in total. The van der Waals surface area contributed by atoms with Crippen molar-refractivity contribution in [3.8, 4) is 23.8 Å². The summed E-state index contributed by atoms with van der Waals surface area (Å²) in [6.45, 7) is 3.59. The summed E-state index contributed by atoms with van der Waals surface area (Å²) in [5, 5.41) is 23.5. The number of halogens is 2. The Labute approximate surface area is 194 Å². The molecular weight excluding hydrogens is 442 g/mol. The van der Waals surface area contributed by atoms with E-state index >= 15 is 0 Å². The molecule has 2 bridgehead atoms. The predicted molar refractivity (Wildman–Crippen MR) is 117 cm³/mol. The molecule has 1 aromatic heterocycles. The zero-order valence-corrected chi connectivity index (χ0v) is 18.4. The maximum atomic E-state index is 13.8. The summed E-state index contributed by atoms with van der Waals surface area (Å²) in [4.78, 5) is 21.1. The number of amides is 1. The Kier molecular flexibility index (Phi) is 4.80. The van der Waals surface area contributed by atoms with Crippen LogP contribution in [0.3, 0.4) is 0 Å². The second kappa shape index (κ2) is 7.49. The zero-order chi connectivity index (χ0) is 24.3. The van der Waals surface area contributed by atoms with E-state index in [9.17, 15) is 18.8 Å². The van der Waals surface area contributed by atoms with Gasteiger partial charge in [0.05, 0.1) is 23.1 Å². The van der Waals surface area contributed by atoms with Gasteiger partial charge in [-0.3, -0.25) is 4.79 Å². The van der Waals surface area contributed by atoms with E-state index in [1.807, 2.05) is 6.07 Å². The molecule has 0 spiro atoms. The van der Waals surface area contributed by atoms with Crippen LogP contribution >= 0.6 is 0 Å². The highest BCUT2D eigenvalue weighted by molar-refractivity contribution is 5.98. The van der Waals surface area contributed by atoms with Crippen LogP contribution in [0, 0.1) is 41.9 Å². The molecule has 1 amide bonds. The average Bonchev–Trinajstić information content (AvgIpc) is 3.07. The van der Waals surface area contributed by atoms with Gasteiger partial charge in [-0.1, -0.05) is 0 Å². The number of hydrogen-bond acceptors (Lipinski definition) is 7. The summed E-state index contributed by atoms with van der Waals surface area (Å²) >= 11 is 0. The molecule has 3 fully saturated rings. The van der Waals surface area contributed by atoms with E-state index in [2.05, 4.69) is 26.7 Å². The van der Waals surface area contributed by atoms with Crippen LogP contribution in [0.1, 0.15) is 58.0 Å². The lowest BCUT2D eigenvalue weighted by Crippen LogP contribution is -2.70. The number of benzene rings is 1. The van der Waals surface area contributed by atoms with Crippen LogP contribution in [-0.2, 0) is 0 Å². The van der Waals surface area contributed by atoms with Gasteiger partial charge >= 0.3 is 0 Å². The fraction of sp³-hybridized carbons (Fsp3) is 0.375. The van der Waals surface area contributed by atoms with E-state index in [1.165, 1.54) is 6.08 Å². The van der Waals surface area contributed by atoms with Crippen molar-refractivity contribution < 1.29 is 18.3 Å². The Hall–Kier alpha value is -4.05. The maximum Gasteiger partial charge on any atom is 0.271 e. The lowest BCUT2D eigenvalue weighted by atomic mass is 9.40. The molecule has 10 heteroatoms. The Morgan fingerprint density at radius 3 is 2.50 bits per heavy atom. The quantitative estimate of drug-likeness (QED) is 0.612. The van der Waals surface area contributed by atoms with E-state index < -0.39 is 18.4 Å². The number of rotatable bonds is 6. The van der Waals surface area contributed by atoms with Crippen LogP contribution < -0.4 is 15.4 Å². The highest BCUT2D eigenvalue weighted by Gasteiger charge is 2.69. The van der Waals surface area contributed by atoms with Gasteiger partial charge in [-0.2, -0.15) is 15.5 Å². The van der Waals surface area contributed by atoms with Gasteiger partial charge in [0.25, 0.3) is 12.3 Å². The first-order chi connectivity index (χ1) is 16.2. The SMILES string of the molecule is Cc1cc(/C=C/C#N)cc(C)c1Oc1nc(NC23CC(C#N)(C2)C3)nc2c1[C@@H](C(F)F)NC2=O. The summed E-state index contributed by atoms with van der Waals surface area (Å²) in [5.74, 6) is -0.312. The van der Waals surface area contributed by atoms with E-state index in [1.54, 1.807) is 32.1 Å². The van der Waals surface area contributed by atoms with Crippen molar-refractivity contribution in [2.45, 2.75) is 51.1 Å². The van der Waals surface area contributed by atoms with Crippen molar-refractivity contribution in [2.75, 3.05) is 5.32 Å². The number of hydrogen-bond donors (Lipinski definition) is 2. The molecule has 0 radical (unpaired) electrons. The molecule has 4 aliphatic rings. The highest BCUT2D eigenvalue weighted by atomic mass is 19.3. The molecule has 1 aliphatic heterocycles. The number of carbonyl (C=O) groups excluding carboxylic acids is 1. The molecule has 3 saturated carbocycles. The number of nitrogens with one attached hydrogen (secondary N) is 2. The summed E-state index contributed by atoms with van der Waals surface area (Å²) in [5.41, 5.74) is 1.35. The van der Waals surface area contributed by atoms with Crippen molar-refractivity contribution in [1.82, 2.24) is 15.3 Å². The second-order valence-corrected chi connectivity index (χ2v) is 9.28. The summed E-state index contributed by atoms with van der Waals surface area (Å²) in [6.07, 6.45) is 2.08. The molecule has 1 atom stereocenters. The van der Waals surface area contributed by atoms with Gasteiger partial charge in [0.1, 0.15) is 17.5 Å². The zero-order valence-electron chi connectivity index (χ0n) is 18.4. The Balaban J connectivity index is 1.54. The first-order valence-electron chi connectivity index (χ1n) is 10.7. The lowest BCUT2D eigenvalue weighted by Gasteiger charge is -2.66. The van der Waals surface area contributed by atoms with Crippen molar-refractivity contribution >= 4 is 17.9 Å². The number of allylic oxidation sites excluding steroid dienone is 1. The first kappa shape index (κ1) is 21.8. The van der Waals surface area contributed by atoms with Crippen molar-refractivity contribution in [3.63, 3.8) is 0 Å². The van der Waals surface area contributed by atoms with Crippen LogP contribution in [-0.4, -0.2) is 27.8 Å². The number of ether oxygens (including phenoxy) is 1. The van der Waals surface area contributed by atoms with Crippen LogP contribution in [0.5, 0.6) is 11.6 Å². The molecule has 2 N–H and O–H groups in total. The van der Waals surface area contributed by atoms with Gasteiger partial charge in [0.15, 0.2) is 0 Å². The minimum atomic E-state index is -2.87. The number of aryl methyl sites for hydroxylation is 2. The number of carbonyl (C=O) groups is 1. The number of anilines is 1. The monoisotopic (exact) mass is 462 g/mol. The smallest absolute Gasteiger partial charge is 0.271 e. The third-order valence-electron chi connectivity index (χ3n) is 6.65. The van der Waals surface area contributed by atoms with E-state index in [0.29, 0.717) is 36.1 Å². The summed E-state index contributed by atoms with van der Waals surface area (Å²) in [6, 6.07) is 6.27. The molecule has 1 aromatic carbocycles. The van der Waals surface area contributed by atoms with Crippen LogP contribution in [0.2, 0.25) is 0 Å². The van der Waals surface area contributed by atoms with Crippen molar-refractivity contribution in [2.24, 2.45) is 5.41 Å². The molecule has 0 saturated heterocycles. The van der Waals surface area contributed by atoms with Gasteiger partial charge in [0, 0.05) is 11.6 Å².